The van der Waals surface area contributed by atoms with Crippen LogP contribution in [0.4, 0.5) is 5.69 Å². The lowest BCUT2D eigenvalue weighted by molar-refractivity contribution is 0.414. The van der Waals surface area contributed by atoms with Gasteiger partial charge in [0.15, 0.2) is 0 Å². The topological polar surface area (TPSA) is 44.5 Å². The number of methoxy groups -OCH3 is 1. The summed E-state index contributed by atoms with van der Waals surface area (Å²) in [4.78, 5) is 0. The number of hydrogen-bond acceptors (Lipinski definition) is 3. The van der Waals surface area contributed by atoms with Gasteiger partial charge in [-0.15, -0.1) is 0 Å². The van der Waals surface area contributed by atoms with Crippen molar-refractivity contribution in [1.82, 2.24) is 0 Å². The SMILES string of the molecule is COc1ccc(O[Si](C)(C)C)c(N)c1. The first-order chi connectivity index (χ1) is 6.42. The fourth-order valence-corrected chi connectivity index (χ4v) is 1.92. The smallest absolute Gasteiger partial charge is 0.242 e. The van der Waals surface area contributed by atoms with E-state index in [1.54, 1.807) is 13.2 Å². The molecule has 2 N–H and O–H groups in total. The molecule has 0 bridgehead atoms. The van der Waals surface area contributed by atoms with Gasteiger partial charge in [-0.2, -0.15) is 0 Å². The van der Waals surface area contributed by atoms with Crippen LogP contribution in [0.25, 0.3) is 0 Å². The van der Waals surface area contributed by atoms with Crippen molar-refractivity contribution in [3.63, 3.8) is 0 Å². The number of hydrogen-bond donors (Lipinski definition) is 1. The lowest BCUT2D eigenvalue weighted by Crippen LogP contribution is -2.29. The van der Waals surface area contributed by atoms with Crippen LogP contribution in [0.2, 0.25) is 19.6 Å². The lowest BCUT2D eigenvalue weighted by atomic mass is 10.3. The molecule has 0 aliphatic heterocycles. The average Bonchev–Trinajstić information content (AvgIpc) is 2.06. The predicted molar refractivity (Wildman–Crippen MR) is 61.4 cm³/mol. The van der Waals surface area contributed by atoms with Crippen molar-refractivity contribution < 1.29 is 9.16 Å². The maximum atomic E-state index is 5.82. The Morgan fingerprint density at radius 2 is 1.86 bits per heavy atom. The summed E-state index contributed by atoms with van der Waals surface area (Å²) in [5.41, 5.74) is 6.45. The van der Waals surface area contributed by atoms with Crippen molar-refractivity contribution in [3.05, 3.63) is 18.2 Å². The third-order valence-electron chi connectivity index (χ3n) is 1.63. The van der Waals surface area contributed by atoms with Crippen molar-refractivity contribution >= 4 is 14.0 Å². The minimum absolute atomic E-state index is 0.631. The van der Waals surface area contributed by atoms with E-state index in [1.165, 1.54) is 0 Å². The van der Waals surface area contributed by atoms with Gasteiger partial charge in [-0.3, -0.25) is 0 Å². The van der Waals surface area contributed by atoms with Gasteiger partial charge in [-0.1, -0.05) is 0 Å². The number of rotatable bonds is 3. The van der Waals surface area contributed by atoms with E-state index in [1.807, 2.05) is 12.1 Å². The second-order valence-corrected chi connectivity index (χ2v) is 8.55. The van der Waals surface area contributed by atoms with E-state index in [-0.39, 0.29) is 0 Å². The van der Waals surface area contributed by atoms with E-state index >= 15 is 0 Å². The summed E-state index contributed by atoms with van der Waals surface area (Å²) in [6.07, 6.45) is 0. The lowest BCUT2D eigenvalue weighted by Gasteiger charge is -2.20. The van der Waals surface area contributed by atoms with Crippen molar-refractivity contribution in [2.75, 3.05) is 12.8 Å². The first kappa shape index (κ1) is 10.9. The zero-order chi connectivity index (χ0) is 10.8. The van der Waals surface area contributed by atoms with Crippen molar-refractivity contribution in [3.8, 4) is 11.5 Å². The van der Waals surface area contributed by atoms with E-state index in [9.17, 15) is 0 Å². The molecular weight excluding hydrogens is 194 g/mol. The Hall–Kier alpha value is -1.16. The molecule has 0 aliphatic carbocycles. The van der Waals surface area contributed by atoms with Gasteiger partial charge in [0.1, 0.15) is 11.5 Å². The summed E-state index contributed by atoms with van der Waals surface area (Å²) >= 11 is 0. The van der Waals surface area contributed by atoms with Crippen LogP contribution in [0.1, 0.15) is 0 Å². The minimum Gasteiger partial charge on any atom is -0.543 e. The Labute approximate surface area is 86.0 Å². The second kappa shape index (κ2) is 3.92. The molecule has 0 aromatic heterocycles. The zero-order valence-corrected chi connectivity index (χ0v) is 10.1. The van der Waals surface area contributed by atoms with Crippen LogP contribution in [0.5, 0.6) is 11.5 Å². The zero-order valence-electron chi connectivity index (χ0n) is 9.13. The maximum Gasteiger partial charge on any atom is 0.242 e. The number of nitrogen functional groups attached to an aromatic ring is 1. The summed E-state index contributed by atoms with van der Waals surface area (Å²) in [5.74, 6) is 1.51. The van der Waals surface area contributed by atoms with Crippen molar-refractivity contribution in [2.24, 2.45) is 0 Å². The van der Waals surface area contributed by atoms with Crippen LogP contribution in [-0.4, -0.2) is 15.4 Å². The highest BCUT2D eigenvalue weighted by Crippen LogP contribution is 2.28. The summed E-state index contributed by atoms with van der Waals surface area (Å²) in [6.45, 7) is 6.37. The van der Waals surface area contributed by atoms with Crippen LogP contribution in [-0.2, 0) is 0 Å². The highest BCUT2D eigenvalue weighted by Gasteiger charge is 2.17. The number of ether oxygens (including phenoxy) is 1. The highest BCUT2D eigenvalue weighted by atomic mass is 28.4. The molecule has 0 heterocycles. The van der Waals surface area contributed by atoms with Crippen LogP contribution >= 0.6 is 0 Å². The molecule has 78 valence electrons. The molecule has 0 saturated carbocycles. The monoisotopic (exact) mass is 211 g/mol. The van der Waals surface area contributed by atoms with Gasteiger partial charge in [0.05, 0.1) is 12.8 Å². The maximum absolute atomic E-state index is 5.82. The Kier molecular flexibility index (Phi) is 3.05. The van der Waals surface area contributed by atoms with E-state index in [4.69, 9.17) is 14.9 Å². The molecule has 4 heteroatoms. The molecule has 0 aliphatic rings. The molecule has 1 rings (SSSR count). The van der Waals surface area contributed by atoms with Crippen LogP contribution in [0.3, 0.4) is 0 Å². The van der Waals surface area contributed by atoms with Gasteiger partial charge in [0, 0.05) is 6.07 Å². The molecule has 1 aromatic rings. The first-order valence-corrected chi connectivity index (χ1v) is 7.96. The van der Waals surface area contributed by atoms with E-state index in [2.05, 4.69) is 19.6 Å². The van der Waals surface area contributed by atoms with Crippen LogP contribution in [0.15, 0.2) is 18.2 Å². The van der Waals surface area contributed by atoms with Gasteiger partial charge in [0.2, 0.25) is 8.32 Å². The molecule has 0 amide bonds. The summed E-state index contributed by atoms with van der Waals surface area (Å²) < 4.78 is 10.8. The third-order valence-corrected chi connectivity index (χ3v) is 2.47. The van der Waals surface area contributed by atoms with Gasteiger partial charge in [-0.05, 0) is 31.8 Å². The van der Waals surface area contributed by atoms with Gasteiger partial charge in [0.25, 0.3) is 0 Å². The van der Waals surface area contributed by atoms with Crippen LogP contribution < -0.4 is 14.9 Å². The van der Waals surface area contributed by atoms with Crippen molar-refractivity contribution in [1.29, 1.82) is 0 Å². The minimum atomic E-state index is -1.58. The van der Waals surface area contributed by atoms with Gasteiger partial charge in [-0.25, -0.2) is 0 Å². The number of anilines is 1. The second-order valence-electron chi connectivity index (χ2n) is 4.12. The standard InChI is InChI=1S/C10H17NO2Si/c1-12-8-5-6-10(9(11)7-8)13-14(2,3)4/h5-7H,11H2,1-4H3. The molecule has 0 unspecified atom stereocenters. The predicted octanol–water partition coefficient (Wildman–Crippen LogP) is 2.49. The first-order valence-electron chi connectivity index (χ1n) is 4.55. The Bertz CT molecular complexity index is 320. The molecule has 0 fully saturated rings. The van der Waals surface area contributed by atoms with Crippen molar-refractivity contribution in [2.45, 2.75) is 19.6 Å². The van der Waals surface area contributed by atoms with Gasteiger partial charge < -0.3 is 14.9 Å². The molecule has 14 heavy (non-hydrogen) atoms. The number of nitrogens with two attached hydrogens (primary N) is 1. The Morgan fingerprint density at radius 3 is 2.29 bits per heavy atom. The number of benzene rings is 1. The molecule has 0 radical (unpaired) electrons. The highest BCUT2D eigenvalue weighted by molar-refractivity contribution is 6.70. The van der Waals surface area contributed by atoms with E-state index in [0.717, 1.165) is 11.5 Å². The van der Waals surface area contributed by atoms with Gasteiger partial charge >= 0.3 is 0 Å². The summed E-state index contributed by atoms with van der Waals surface area (Å²) in [5, 5.41) is 0. The summed E-state index contributed by atoms with van der Waals surface area (Å²) in [6, 6.07) is 5.48. The largest absolute Gasteiger partial charge is 0.543 e. The molecule has 1 aromatic carbocycles. The fourth-order valence-electron chi connectivity index (χ4n) is 1.08. The Morgan fingerprint density at radius 1 is 1.21 bits per heavy atom. The molecular formula is C10H17NO2Si. The third kappa shape index (κ3) is 2.96. The fraction of sp³-hybridized carbons (Fsp3) is 0.400. The quantitative estimate of drug-likeness (QED) is 0.617. The van der Waals surface area contributed by atoms with E-state index < -0.39 is 8.32 Å². The average molecular weight is 211 g/mol. The van der Waals surface area contributed by atoms with Crippen LogP contribution in [0, 0.1) is 0 Å². The molecule has 0 spiro atoms. The molecule has 0 atom stereocenters. The normalized spacial score (nSPS) is 11.1. The Balaban J connectivity index is 2.89. The summed E-state index contributed by atoms with van der Waals surface area (Å²) in [7, 11) is 0.0410. The molecule has 0 saturated heterocycles. The molecule has 3 nitrogen and oxygen atoms in total. The van der Waals surface area contributed by atoms with E-state index in [0.29, 0.717) is 5.69 Å².